The van der Waals surface area contributed by atoms with Crippen LogP contribution in [0.3, 0.4) is 0 Å². The normalized spacial score (nSPS) is 10.8. The second kappa shape index (κ2) is 35.6. The number of benzene rings is 9. The Bertz CT molecular complexity index is 4110. The van der Waals surface area contributed by atoms with Crippen LogP contribution in [0.25, 0.3) is 44.5 Å². The summed E-state index contributed by atoms with van der Waals surface area (Å²) in [5.74, 6) is -71.0. The van der Waals surface area contributed by atoms with Crippen molar-refractivity contribution in [1.82, 2.24) is 0 Å². The quantitative estimate of drug-likeness (QED) is 0.0642. The van der Waals surface area contributed by atoms with Gasteiger partial charge in [-0.1, -0.05) is 20.3 Å². The molecule has 103 heavy (non-hydrogen) atoms. The molecular weight excluding hydrogens is 1500 g/mol. The van der Waals surface area contributed by atoms with Gasteiger partial charge in [0, 0.05) is 41.4 Å². The fourth-order valence-corrected chi connectivity index (χ4v) is 8.73. The molecule has 0 amide bonds. The van der Waals surface area contributed by atoms with Crippen molar-refractivity contribution in [2.24, 2.45) is 0 Å². The van der Waals surface area contributed by atoms with Gasteiger partial charge in [-0.05, 0) is 99.2 Å². The number of rotatable bonds is 10. The summed E-state index contributed by atoms with van der Waals surface area (Å²) in [6, 6.07) is 5.59. The zero-order valence-corrected chi connectivity index (χ0v) is 53.0. The van der Waals surface area contributed by atoms with Crippen LogP contribution in [0.15, 0.2) is 42.5 Å². The maximum atomic E-state index is 13.6. The van der Waals surface area contributed by atoms with E-state index in [0.717, 1.165) is 66.1 Å². The fraction of sp³-hybridized carbons (Fsp3) is 0.169. The molecule has 554 valence electrons. The van der Waals surface area contributed by atoms with E-state index in [1.807, 2.05) is 4.90 Å². The molecule has 0 fully saturated rings. The van der Waals surface area contributed by atoms with E-state index in [9.17, 15) is 149 Å². The van der Waals surface area contributed by atoms with Crippen molar-refractivity contribution in [3.8, 4) is 44.5 Å². The van der Waals surface area contributed by atoms with Crippen molar-refractivity contribution in [3.63, 3.8) is 0 Å². The molecule has 9 rings (SSSR count). The molecule has 0 atom stereocenters. The average molecular weight is 1540 g/mol. The van der Waals surface area contributed by atoms with E-state index in [2.05, 4.69) is 13.8 Å². The van der Waals surface area contributed by atoms with Crippen molar-refractivity contribution in [1.29, 1.82) is 0 Å². The summed E-state index contributed by atoms with van der Waals surface area (Å²) >= 11 is -1.50. The summed E-state index contributed by atoms with van der Waals surface area (Å²) in [4.78, 5) is 1.98. The summed E-state index contributed by atoms with van der Waals surface area (Å²) in [6.07, 6.45) is 3.06. The number of anilines is 1. The number of unbranched alkanes of at least 4 members (excludes halogenated alkanes) is 1. The van der Waals surface area contributed by atoms with Crippen LogP contribution in [0, 0.1) is 225 Å². The maximum absolute atomic E-state index is 13.6. The molecule has 0 bridgehead atoms. The Balaban J connectivity index is 0.000000271. The van der Waals surface area contributed by atoms with Crippen LogP contribution in [-0.4, -0.2) is 32.7 Å². The molecule has 0 saturated carbocycles. The Morgan fingerprint density at radius 3 is 0.650 bits per heavy atom. The SMILES string of the molecule is CCCCN(CCC)c1ccc(F)cc1F.Cc1cc(-c2c(F)c(F)c(F)c(F)c2F)c(F)c(F)c1F.Cc1cc(-c2c(F)c(F)c(F)c(F)c2F)c(F)c(F)c1F.Cc1cc(-c2c(F)c(F)c(F)c(F)c2F)c(F)c(F)c1F.Cc1cc(-c2c(F)c(F)c(F)c(F)c2F)c(F)c(F)c1F.[O]=[Al][OH]. The average Bonchev–Trinajstić information content (AvgIpc) is 0.782. The third-order valence-corrected chi connectivity index (χ3v) is 13.8. The second-order valence-corrected chi connectivity index (χ2v) is 20.8. The number of halogens is 34. The van der Waals surface area contributed by atoms with Crippen LogP contribution in [-0.2, 0) is 3.80 Å². The van der Waals surface area contributed by atoms with Gasteiger partial charge in [-0.3, -0.25) is 0 Å². The van der Waals surface area contributed by atoms with Crippen molar-refractivity contribution in [2.75, 3.05) is 18.0 Å². The molecule has 0 spiro atoms. The Labute approximate surface area is 562 Å². The number of hydrogen-bond acceptors (Lipinski definition) is 2. The van der Waals surface area contributed by atoms with Gasteiger partial charge < -0.3 is 4.90 Å². The first kappa shape index (κ1) is 85.9. The topological polar surface area (TPSA) is 40.5 Å². The zero-order chi connectivity index (χ0) is 78.9. The van der Waals surface area contributed by atoms with Crippen molar-refractivity contribution >= 4 is 21.2 Å². The predicted molar refractivity (Wildman–Crippen MR) is 298 cm³/mol. The van der Waals surface area contributed by atoms with E-state index in [-0.39, 0.29) is 0 Å². The minimum atomic E-state index is -2.44. The van der Waals surface area contributed by atoms with Crippen molar-refractivity contribution in [3.05, 3.63) is 263 Å². The molecule has 9 aromatic rings. The summed E-state index contributed by atoms with van der Waals surface area (Å²) < 4.78 is 466. The predicted octanol–water partition coefficient (Wildman–Crippen LogP) is 22.0. The Morgan fingerprint density at radius 2 is 0.466 bits per heavy atom. The van der Waals surface area contributed by atoms with E-state index in [4.69, 9.17) is 7.96 Å². The fourth-order valence-electron chi connectivity index (χ4n) is 8.73. The van der Waals surface area contributed by atoms with Gasteiger partial charge in [0.2, 0.25) is 23.3 Å². The summed E-state index contributed by atoms with van der Waals surface area (Å²) in [5.41, 5.74) is -13.4. The third kappa shape index (κ3) is 17.8. The van der Waals surface area contributed by atoms with Crippen LogP contribution in [0.5, 0.6) is 0 Å². The molecule has 0 aliphatic heterocycles. The van der Waals surface area contributed by atoms with Crippen LogP contribution >= 0.6 is 0 Å². The summed E-state index contributed by atoms with van der Waals surface area (Å²) in [7, 11) is 0. The first-order valence-electron chi connectivity index (χ1n) is 27.7. The van der Waals surface area contributed by atoms with Gasteiger partial charge in [0.1, 0.15) is 11.6 Å². The molecule has 0 aliphatic rings. The molecule has 0 heterocycles. The van der Waals surface area contributed by atoms with Crippen LogP contribution in [0.1, 0.15) is 55.4 Å². The van der Waals surface area contributed by atoms with E-state index in [0.29, 0.717) is 30.0 Å². The van der Waals surface area contributed by atoms with Gasteiger partial charge in [0.05, 0.1) is 27.9 Å². The molecule has 0 saturated heterocycles. The van der Waals surface area contributed by atoms with Crippen molar-refractivity contribution < 1.29 is 157 Å². The molecule has 0 aromatic heterocycles. The molecule has 3 nitrogen and oxygen atoms in total. The van der Waals surface area contributed by atoms with Crippen LogP contribution in [0.2, 0.25) is 0 Å². The Morgan fingerprint density at radius 1 is 0.272 bits per heavy atom. The van der Waals surface area contributed by atoms with E-state index < -0.39 is 280 Å². The van der Waals surface area contributed by atoms with E-state index in [1.165, 1.54) is 12.1 Å². The van der Waals surface area contributed by atoms with Crippen molar-refractivity contribution in [2.45, 2.75) is 60.8 Å². The second-order valence-electron chi connectivity index (χ2n) is 20.6. The molecule has 0 aliphatic carbocycles. The number of aryl methyl sites for hydroxylation is 4. The third-order valence-electron chi connectivity index (χ3n) is 13.8. The Kier molecular flexibility index (Phi) is 29.7. The minimum absolute atomic E-state index is 0.450. The van der Waals surface area contributed by atoms with Crippen LogP contribution in [0.4, 0.5) is 155 Å². The van der Waals surface area contributed by atoms with Gasteiger partial charge in [-0.25, -0.2) is 149 Å². The van der Waals surface area contributed by atoms with E-state index >= 15 is 0 Å². The molecule has 0 radical (unpaired) electrons. The summed E-state index contributed by atoms with van der Waals surface area (Å²) in [6.45, 7) is 9.54. The molecule has 9 aromatic carbocycles. The summed E-state index contributed by atoms with van der Waals surface area (Å²) in [5, 5.41) is 0. The first-order chi connectivity index (χ1) is 47.8. The van der Waals surface area contributed by atoms with E-state index in [1.54, 1.807) is 0 Å². The molecule has 1 N–H and O–H groups in total. The number of hydrogen-bond donors (Lipinski definition) is 1. The zero-order valence-electron chi connectivity index (χ0n) is 51.8. The van der Waals surface area contributed by atoms with Gasteiger partial charge in [-0.2, -0.15) is 0 Å². The standard InChI is InChI=1S/4C13H4F8.C13H19F2N.Al.H2O.O/c4*1-3-2-4(7(15)10(18)6(3)14)5-8(16)11(19)13(21)12(20)9(5)17;1-3-5-9-16(8-4-2)13-7-6-11(14)10-12(13)15;;;/h4*2H,1H3;6-7,10H,3-5,8-9H2,1-2H3;;1H2;/q;;;;;+1;;/p-1. The van der Waals surface area contributed by atoms with Gasteiger partial charge in [0.25, 0.3) is 0 Å². The van der Waals surface area contributed by atoms with Crippen LogP contribution < -0.4 is 4.90 Å². The van der Waals surface area contributed by atoms with Gasteiger partial charge in [0.15, 0.2) is 163 Å². The van der Waals surface area contributed by atoms with Gasteiger partial charge in [-0.15, -0.1) is 0 Å². The first-order valence-corrected chi connectivity index (χ1v) is 28.7. The van der Waals surface area contributed by atoms with Gasteiger partial charge >= 0.3 is 23.4 Å². The monoisotopic (exact) mass is 1540 g/mol. The molecule has 0 unspecified atom stereocenters. The molecular formula is C65H36AlF34NO2. The molecule has 38 heteroatoms. The number of nitrogens with zero attached hydrogens (tertiary/aromatic N) is 1. The Hall–Kier alpha value is -9.47.